The normalized spacial score (nSPS) is 18.9. The summed E-state index contributed by atoms with van der Waals surface area (Å²) in [7, 11) is 7.73. The highest BCUT2D eigenvalue weighted by atomic mass is 16.7. The number of carbonyl (C=O) groups excluding carboxylic acids is 1. The maximum atomic E-state index is 12.7. The van der Waals surface area contributed by atoms with Crippen LogP contribution in [0.25, 0.3) is 11.1 Å². The summed E-state index contributed by atoms with van der Waals surface area (Å²) in [5.41, 5.74) is 3.41. The first-order chi connectivity index (χ1) is 15.1. The van der Waals surface area contributed by atoms with Gasteiger partial charge >= 0.3 is 5.97 Å². The molecule has 0 bridgehead atoms. The second-order valence-corrected chi connectivity index (χ2v) is 7.34. The van der Waals surface area contributed by atoms with Gasteiger partial charge in [0, 0.05) is 30.7 Å². The number of methoxy groups -OCH3 is 5. The number of hydrogen-bond acceptors (Lipinski definition) is 8. The van der Waals surface area contributed by atoms with Crippen LogP contribution < -0.4 is 23.7 Å². The van der Waals surface area contributed by atoms with Gasteiger partial charge in [0.1, 0.15) is 5.75 Å². The number of hydrogen-bond donors (Lipinski definition) is 0. The summed E-state index contributed by atoms with van der Waals surface area (Å²) in [5, 5.41) is 0. The van der Waals surface area contributed by atoms with E-state index in [4.69, 9.17) is 33.2 Å². The van der Waals surface area contributed by atoms with E-state index in [-0.39, 0.29) is 12.8 Å². The lowest BCUT2D eigenvalue weighted by molar-refractivity contribution is -0.150. The highest BCUT2D eigenvalue weighted by Crippen LogP contribution is 2.51. The Balaban J connectivity index is 2.06. The molecule has 31 heavy (non-hydrogen) atoms. The lowest BCUT2D eigenvalue weighted by Gasteiger charge is -2.31. The van der Waals surface area contributed by atoms with Crippen LogP contribution in [-0.2, 0) is 27.1 Å². The molecular weight excluding hydrogens is 404 g/mol. The topological polar surface area (TPSA) is 81.7 Å². The van der Waals surface area contributed by atoms with Crippen molar-refractivity contribution in [2.45, 2.75) is 18.9 Å². The summed E-state index contributed by atoms with van der Waals surface area (Å²) < 4.78 is 39.2. The van der Waals surface area contributed by atoms with Crippen molar-refractivity contribution in [1.29, 1.82) is 0 Å². The van der Waals surface area contributed by atoms with Gasteiger partial charge in [-0.2, -0.15) is 0 Å². The van der Waals surface area contributed by atoms with E-state index in [0.717, 1.165) is 22.3 Å². The molecule has 2 atom stereocenters. The average molecular weight is 430 g/mol. The lowest BCUT2D eigenvalue weighted by Crippen LogP contribution is -2.35. The second-order valence-electron chi connectivity index (χ2n) is 7.34. The summed E-state index contributed by atoms with van der Waals surface area (Å²) in [5.74, 6) is 2.07. The summed E-state index contributed by atoms with van der Waals surface area (Å²) in [6.07, 6.45) is 0.417. The largest absolute Gasteiger partial charge is 0.496 e. The Morgan fingerprint density at radius 1 is 0.903 bits per heavy atom. The van der Waals surface area contributed by atoms with Crippen molar-refractivity contribution in [2.75, 3.05) is 42.3 Å². The maximum absolute atomic E-state index is 12.7. The molecule has 8 heteroatoms. The van der Waals surface area contributed by atoms with Crippen LogP contribution in [0, 0.1) is 5.92 Å². The van der Waals surface area contributed by atoms with E-state index in [1.54, 1.807) is 34.5 Å². The van der Waals surface area contributed by atoms with Crippen molar-refractivity contribution in [2.24, 2.45) is 5.92 Å². The fraction of sp³-hybridized carbons (Fsp3) is 0.435. The Kier molecular flexibility index (Phi) is 5.82. The van der Waals surface area contributed by atoms with Gasteiger partial charge in [0.2, 0.25) is 6.79 Å². The summed E-state index contributed by atoms with van der Waals surface area (Å²) in [6, 6.07) is 5.63. The highest BCUT2D eigenvalue weighted by Gasteiger charge is 2.37. The van der Waals surface area contributed by atoms with Gasteiger partial charge < -0.3 is 33.2 Å². The van der Waals surface area contributed by atoms with Gasteiger partial charge in [0.05, 0.1) is 40.5 Å². The van der Waals surface area contributed by atoms with E-state index in [1.165, 1.54) is 7.11 Å². The van der Waals surface area contributed by atoms with Gasteiger partial charge in [-0.3, -0.25) is 4.79 Å². The molecule has 8 nitrogen and oxygen atoms in total. The molecule has 0 aromatic heterocycles. The standard InChI is InChI=1S/C23H26O8/c1-25-16-6-12-7-18-19(31-11-30-18)9-13(12)21-14(8-15(16)23(24)29-5)17(26-2)10-20(27-3)22(21)28-4/h7,9-10,15-16H,6,8,11H2,1-5H3/t15-,16-/m1/s1. The first kappa shape index (κ1) is 21.1. The van der Waals surface area contributed by atoms with Gasteiger partial charge in [-0.15, -0.1) is 0 Å². The molecular formula is C23H26O8. The van der Waals surface area contributed by atoms with Crippen LogP contribution in [0.2, 0.25) is 0 Å². The zero-order valence-corrected chi connectivity index (χ0v) is 18.3. The first-order valence-electron chi connectivity index (χ1n) is 9.91. The molecule has 1 aliphatic heterocycles. The molecule has 1 aliphatic carbocycles. The van der Waals surface area contributed by atoms with Crippen LogP contribution in [0.1, 0.15) is 11.1 Å². The molecule has 2 aromatic rings. The minimum Gasteiger partial charge on any atom is -0.496 e. The number of carbonyl (C=O) groups is 1. The van der Waals surface area contributed by atoms with E-state index < -0.39 is 12.0 Å². The third-order valence-electron chi connectivity index (χ3n) is 5.92. The predicted molar refractivity (Wildman–Crippen MR) is 111 cm³/mol. The molecule has 0 amide bonds. The molecule has 0 saturated carbocycles. The Morgan fingerprint density at radius 2 is 1.61 bits per heavy atom. The van der Waals surface area contributed by atoms with Gasteiger partial charge in [-0.1, -0.05) is 0 Å². The number of esters is 1. The van der Waals surface area contributed by atoms with Crippen molar-refractivity contribution in [3.63, 3.8) is 0 Å². The Bertz CT molecular complexity index is 1000. The fourth-order valence-electron chi connectivity index (χ4n) is 4.41. The highest BCUT2D eigenvalue weighted by molar-refractivity contribution is 5.85. The molecule has 0 saturated heterocycles. The fourth-order valence-corrected chi connectivity index (χ4v) is 4.41. The summed E-state index contributed by atoms with van der Waals surface area (Å²) in [4.78, 5) is 12.7. The molecule has 0 fully saturated rings. The number of rotatable bonds is 5. The van der Waals surface area contributed by atoms with Crippen LogP contribution >= 0.6 is 0 Å². The molecule has 0 radical (unpaired) electrons. The minimum absolute atomic E-state index is 0.155. The van der Waals surface area contributed by atoms with E-state index >= 15 is 0 Å². The average Bonchev–Trinajstić information content (AvgIpc) is 3.25. The summed E-state index contributed by atoms with van der Waals surface area (Å²) in [6.45, 7) is 0.155. The number of benzene rings is 2. The molecule has 1 heterocycles. The third kappa shape index (κ3) is 3.50. The Morgan fingerprint density at radius 3 is 2.23 bits per heavy atom. The lowest BCUT2D eigenvalue weighted by atomic mass is 9.80. The van der Waals surface area contributed by atoms with E-state index in [2.05, 4.69) is 0 Å². The molecule has 4 rings (SSSR count). The van der Waals surface area contributed by atoms with Crippen molar-refractivity contribution in [3.05, 3.63) is 29.3 Å². The monoisotopic (exact) mass is 430 g/mol. The van der Waals surface area contributed by atoms with Crippen molar-refractivity contribution in [1.82, 2.24) is 0 Å². The minimum atomic E-state index is -0.542. The summed E-state index contributed by atoms with van der Waals surface area (Å²) >= 11 is 0. The second kappa shape index (κ2) is 8.55. The predicted octanol–water partition coefficient (Wildman–Crippen LogP) is 3.01. The molecule has 166 valence electrons. The van der Waals surface area contributed by atoms with Gasteiger partial charge in [0.25, 0.3) is 0 Å². The van der Waals surface area contributed by atoms with Crippen LogP contribution in [-0.4, -0.2) is 54.4 Å². The smallest absolute Gasteiger partial charge is 0.311 e. The molecule has 2 aliphatic rings. The van der Waals surface area contributed by atoms with Gasteiger partial charge in [-0.25, -0.2) is 0 Å². The van der Waals surface area contributed by atoms with Crippen LogP contribution in [0.3, 0.4) is 0 Å². The van der Waals surface area contributed by atoms with Crippen LogP contribution in [0.4, 0.5) is 0 Å². The third-order valence-corrected chi connectivity index (χ3v) is 5.92. The van der Waals surface area contributed by atoms with Crippen LogP contribution in [0.5, 0.6) is 28.7 Å². The van der Waals surface area contributed by atoms with Gasteiger partial charge in [-0.05, 0) is 29.7 Å². The molecule has 0 spiro atoms. The quantitative estimate of drug-likeness (QED) is 0.670. The van der Waals surface area contributed by atoms with Crippen molar-refractivity contribution in [3.8, 4) is 39.9 Å². The zero-order valence-electron chi connectivity index (χ0n) is 18.3. The van der Waals surface area contributed by atoms with Crippen LogP contribution in [0.15, 0.2) is 18.2 Å². The van der Waals surface area contributed by atoms with E-state index in [1.807, 2.05) is 12.1 Å². The van der Waals surface area contributed by atoms with E-state index in [0.29, 0.717) is 41.6 Å². The van der Waals surface area contributed by atoms with Crippen molar-refractivity contribution >= 4 is 5.97 Å². The maximum Gasteiger partial charge on any atom is 0.311 e. The number of fused-ring (bicyclic) bond motifs is 4. The molecule has 0 unspecified atom stereocenters. The molecule has 2 aromatic carbocycles. The van der Waals surface area contributed by atoms with Gasteiger partial charge in [0.15, 0.2) is 23.0 Å². The first-order valence-corrected chi connectivity index (χ1v) is 9.91. The Hall–Kier alpha value is -3.13. The van der Waals surface area contributed by atoms with Crippen molar-refractivity contribution < 1.29 is 38.0 Å². The number of ether oxygens (including phenoxy) is 7. The molecule has 0 N–H and O–H groups in total. The van der Waals surface area contributed by atoms with E-state index in [9.17, 15) is 4.79 Å². The SMILES string of the molecule is COC(=O)[C@@H]1Cc2c(OC)cc(OC)c(OC)c2-c2cc3c(cc2C[C@H]1OC)OCO3. The Labute approximate surface area is 180 Å². The zero-order chi connectivity index (χ0) is 22.1.